The molecule has 0 fully saturated rings. The second kappa shape index (κ2) is 5.60. The van der Waals surface area contributed by atoms with E-state index in [2.05, 4.69) is 20.7 Å². The predicted octanol–water partition coefficient (Wildman–Crippen LogP) is 1.34. The topological polar surface area (TPSA) is 72.7 Å². The van der Waals surface area contributed by atoms with E-state index in [9.17, 15) is 4.79 Å². The number of hydrogen-bond donors (Lipinski definition) is 1. The third-order valence-electron chi connectivity index (χ3n) is 2.79. The minimum Gasteiger partial charge on any atom is -0.342 e. The molecule has 6 nitrogen and oxygen atoms in total. The molecule has 1 atom stereocenters. The molecule has 1 aromatic carbocycles. The van der Waals surface area contributed by atoms with Crippen molar-refractivity contribution in [2.75, 3.05) is 0 Å². The predicted molar refractivity (Wildman–Crippen MR) is 70.3 cm³/mol. The molecule has 2 rings (SSSR count). The summed E-state index contributed by atoms with van der Waals surface area (Å²) in [5.41, 5.74) is 0.622. The highest BCUT2D eigenvalue weighted by molar-refractivity contribution is 5.94. The molecule has 1 N–H and O–H groups in total. The summed E-state index contributed by atoms with van der Waals surface area (Å²) in [6.07, 6.45) is 0. The molecule has 6 heteroatoms. The Morgan fingerprint density at radius 1 is 1.26 bits per heavy atom. The van der Waals surface area contributed by atoms with Gasteiger partial charge in [-0.05, 0) is 23.3 Å². The molecule has 19 heavy (non-hydrogen) atoms. The van der Waals surface area contributed by atoms with E-state index in [1.807, 2.05) is 32.0 Å². The Morgan fingerprint density at radius 3 is 2.47 bits per heavy atom. The number of amides is 1. The van der Waals surface area contributed by atoms with Crippen molar-refractivity contribution in [1.82, 2.24) is 25.5 Å². The lowest BCUT2D eigenvalue weighted by atomic mass is 10.0. The highest BCUT2D eigenvalue weighted by atomic mass is 16.1. The van der Waals surface area contributed by atoms with Crippen LogP contribution < -0.4 is 5.32 Å². The minimum absolute atomic E-state index is 0.133. The standard InChI is InChI=1S/C13H17N5O/c1-9(2)11(12-15-17-18(3)16-12)14-13(19)10-7-5-4-6-8-10/h4-9,11H,1-3H3,(H,14,19)/t11-/m0/s1. The van der Waals surface area contributed by atoms with E-state index in [1.54, 1.807) is 19.2 Å². The lowest BCUT2D eigenvalue weighted by Gasteiger charge is -2.18. The van der Waals surface area contributed by atoms with Gasteiger partial charge in [-0.2, -0.15) is 4.80 Å². The molecule has 0 saturated heterocycles. The number of aryl methyl sites for hydroxylation is 1. The Labute approximate surface area is 111 Å². The van der Waals surface area contributed by atoms with Crippen LogP contribution in [0.2, 0.25) is 0 Å². The number of hydrogen-bond acceptors (Lipinski definition) is 4. The van der Waals surface area contributed by atoms with Crippen molar-refractivity contribution in [3.05, 3.63) is 41.7 Å². The first kappa shape index (κ1) is 13.2. The van der Waals surface area contributed by atoms with E-state index in [1.165, 1.54) is 4.80 Å². The van der Waals surface area contributed by atoms with Gasteiger partial charge in [-0.15, -0.1) is 10.2 Å². The number of benzene rings is 1. The number of tetrazole rings is 1. The number of rotatable bonds is 4. The van der Waals surface area contributed by atoms with Gasteiger partial charge in [0.1, 0.15) is 0 Å². The van der Waals surface area contributed by atoms with Crippen molar-refractivity contribution in [3.8, 4) is 0 Å². The molecule has 1 heterocycles. The maximum absolute atomic E-state index is 12.1. The summed E-state index contributed by atoms with van der Waals surface area (Å²) in [4.78, 5) is 13.5. The van der Waals surface area contributed by atoms with Gasteiger partial charge in [-0.1, -0.05) is 32.0 Å². The van der Waals surface area contributed by atoms with Gasteiger partial charge >= 0.3 is 0 Å². The summed E-state index contributed by atoms with van der Waals surface area (Å²) in [5, 5.41) is 14.9. The largest absolute Gasteiger partial charge is 0.342 e. The Balaban J connectivity index is 2.16. The first-order chi connectivity index (χ1) is 9.08. The van der Waals surface area contributed by atoms with E-state index in [0.717, 1.165) is 0 Å². The van der Waals surface area contributed by atoms with Crippen molar-refractivity contribution in [2.45, 2.75) is 19.9 Å². The molecule has 1 aromatic heterocycles. The summed E-state index contributed by atoms with van der Waals surface area (Å²) in [6, 6.07) is 8.84. The minimum atomic E-state index is -0.249. The average Bonchev–Trinajstić information content (AvgIpc) is 2.82. The van der Waals surface area contributed by atoms with Crippen LogP contribution in [0.15, 0.2) is 30.3 Å². The average molecular weight is 259 g/mol. The third kappa shape index (κ3) is 3.15. The van der Waals surface area contributed by atoms with Crippen LogP contribution in [-0.2, 0) is 7.05 Å². The van der Waals surface area contributed by atoms with Crippen molar-refractivity contribution in [2.24, 2.45) is 13.0 Å². The summed E-state index contributed by atoms with van der Waals surface area (Å²) >= 11 is 0. The summed E-state index contributed by atoms with van der Waals surface area (Å²) in [7, 11) is 1.70. The number of aromatic nitrogens is 4. The van der Waals surface area contributed by atoms with Gasteiger partial charge in [0.25, 0.3) is 5.91 Å². The Hall–Kier alpha value is -2.24. The molecule has 0 aliphatic carbocycles. The molecule has 0 aliphatic rings. The number of carbonyl (C=O) groups is 1. The van der Waals surface area contributed by atoms with Gasteiger partial charge in [-0.25, -0.2) is 0 Å². The van der Waals surface area contributed by atoms with Gasteiger partial charge in [-0.3, -0.25) is 4.79 Å². The summed E-state index contributed by atoms with van der Waals surface area (Å²) in [6.45, 7) is 4.01. The van der Waals surface area contributed by atoms with Crippen LogP contribution in [0.5, 0.6) is 0 Å². The Kier molecular flexibility index (Phi) is 3.89. The zero-order chi connectivity index (χ0) is 13.8. The number of nitrogens with one attached hydrogen (secondary N) is 1. The van der Waals surface area contributed by atoms with Gasteiger partial charge in [0.2, 0.25) is 0 Å². The first-order valence-corrected chi connectivity index (χ1v) is 6.17. The molecule has 1 amide bonds. The smallest absolute Gasteiger partial charge is 0.251 e. The molecule has 0 bridgehead atoms. The fourth-order valence-corrected chi connectivity index (χ4v) is 1.77. The molecular formula is C13H17N5O. The maximum Gasteiger partial charge on any atom is 0.251 e. The molecule has 0 spiro atoms. The molecule has 0 saturated carbocycles. The van der Waals surface area contributed by atoms with Gasteiger partial charge in [0, 0.05) is 5.56 Å². The van der Waals surface area contributed by atoms with Crippen LogP contribution in [0.25, 0.3) is 0 Å². The van der Waals surface area contributed by atoms with Gasteiger partial charge in [0.15, 0.2) is 5.82 Å². The van der Waals surface area contributed by atoms with Gasteiger partial charge in [0.05, 0.1) is 13.1 Å². The lowest BCUT2D eigenvalue weighted by Crippen LogP contribution is -2.32. The lowest BCUT2D eigenvalue weighted by molar-refractivity contribution is 0.0923. The van der Waals surface area contributed by atoms with Crippen LogP contribution in [0.1, 0.15) is 36.1 Å². The van der Waals surface area contributed by atoms with Crippen molar-refractivity contribution in [3.63, 3.8) is 0 Å². The Morgan fingerprint density at radius 2 is 1.95 bits per heavy atom. The normalized spacial score (nSPS) is 12.4. The SMILES string of the molecule is CC(C)[C@H](NC(=O)c1ccccc1)c1nnn(C)n1. The van der Waals surface area contributed by atoms with Gasteiger partial charge < -0.3 is 5.32 Å². The number of nitrogens with zero attached hydrogens (tertiary/aromatic N) is 4. The van der Waals surface area contributed by atoms with E-state index in [-0.39, 0.29) is 17.9 Å². The molecule has 2 aromatic rings. The van der Waals surface area contributed by atoms with Crippen LogP contribution in [0.4, 0.5) is 0 Å². The van der Waals surface area contributed by atoms with Crippen LogP contribution in [0, 0.1) is 5.92 Å². The van der Waals surface area contributed by atoms with Crippen molar-refractivity contribution < 1.29 is 4.79 Å². The summed E-state index contributed by atoms with van der Waals surface area (Å²) in [5.74, 6) is 0.574. The van der Waals surface area contributed by atoms with Crippen molar-refractivity contribution >= 4 is 5.91 Å². The molecule has 100 valence electrons. The fourth-order valence-electron chi connectivity index (χ4n) is 1.77. The van der Waals surface area contributed by atoms with E-state index in [4.69, 9.17) is 0 Å². The van der Waals surface area contributed by atoms with Crippen LogP contribution in [-0.4, -0.2) is 26.1 Å². The molecule has 0 radical (unpaired) electrons. The quantitative estimate of drug-likeness (QED) is 0.899. The van der Waals surface area contributed by atoms with Crippen LogP contribution >= 0.6 is 0 Å². The maximum atomic E-state index is 12.1. The van der Waals surface area contributed by atoms with E-state index < -0.39 is 0 Å². The zero-order valence-electron chi connectivity index (χ0n) is 11.2. The fraction of sp³-hybridized carbons (Fsp3) is 0.385. The Bertz CT molecular complexity index is 549. The van der Waals surface area contributed by atoms with Crippen molar-refractivity contribution in [1.29, 1.82) is 0 Å². The summed E-state index contributed by atoms with van der Waals surface area (Å²) < 4.78 is 0. The highest BCUT2D eigenvalue weighted by Gasteiger charge is 2.23. The molecule has 0 unspecified atom stereocenters. The highest BCUT2D eigenvalue weighted by Crippen LogP contribution is 2.18. The van der Waals surface area contributed by atoms with Crippen LogP contribution in [0.3, 0.4) is 0 Å². The second-order valence-electron chi connectivity index (χ2n) is 4.70. The molecule has 0 aliphatic heterocycles. The molecular weight excluding hydrogens is 242 g/mol. The monoisotopic (exact) mass is 259 g/mol. The number of carbonyl (C=O) groups excluding carboxylic acids is 1. The second-order valence-corrected chi connectivity index (χ2v) is 4.70. The first-order valence-electron chi connectivity index (χ1n) is 6.17. The zero-order valence-corrected chi connectivity index (χ0v) is 11.2. The van der Waals surface area contributed by atoms with E-state index in [0.29, 0.717) is 11.4 Å². The third-order valence-corrected chi connectivity index (χ3v) is 2.79. The van der Waals surface area contributed by atoms with E-state index >= 15 is 0 Å².